The van der Waals surface area contributed by atoms with E-state index in [1.807, 2.05) is 0 Å². The fraction of sp³-hybridized carbons (Fsp3) is 0.294. The molecule has 0 spiro atoms. The van der Waals surface area contributed by atoms with E-state index in [-0.39, 0.29) is 10.6 Å². The van der Waals surface area contributed by atoms with Crippen LogP contribution in [0.4, 0.5) is 5.69 Å². The largest absolute Gasteiger partial charge is 0.270 e. The van der Waals surface area contributed by atoms with Crippen LogP contribution < -0.4 is 0 Å². The molecule has 2 aromatic heterocycles. The van der Waals surface area contributed by atoms with Gasteiger partial charge in [-0.15, -0.1) is 11.3 Å². The van der Waals surface area contributed by atoms with Gasteiger partial charge in [-0.05, 0) is 42.8 Å². The number of hydrogen-bond acceptors (Lipinski definition) is 8. The van der Waals surface area contributed by atoms with E-state index in [1.165, 1.54) is 45.7 Å². The molecule has 1 fully saturated rings. The third-order valence-corrected chi connectivity index (χ3v) is 8.33. The Kier molecular flexibility index (Phi) is 5.32. The van der Waals surface area contributed by atoms with E-state index < -0.39 is 14.9 Å². The molecular formula is C17H16N4O4S3. The summed E-state index contributed by atoms with van der Waals surface area (Å²) in [4.78, 5) is 19.4. The topological polar surface area (TPSA) is 106 Å². The van der Waals surface area contributed by atoms with Crippen LogP contribution >= 0.6 is 23.1 Å². The Morgan fingerprint density at radius 1 is 1.14 bits per heavy atom. The van der Waals surface area contributed by atoms with Crippen molar-refractivity contribution in [1.82, 2.24) is 14.3 Å². The molecule has 146 valence electrons. The lowest BCUT2D eigenvalue weighted by molar-refractivity contribution is -0.384. The number of aromatic nitrogens is 2. The first kappa shape index (κ1) is 19.2. The summed E-state index contributed by atoms with van der Waals surface area (Å²) >= 11 is 2.64. The van der Waals surface area contributed by atoms with Crippen molar-refractivity contribution in [2.24, 2.45) is 0 Å². The van der Waals surface area contributed by atoms with Crippen LogP contribution in [-0.4, -0.2) is 40.7 Å². The van der Waals surface area contributed by atoms with Crippen molar-refractivity contribution in [2.75, 3.05) is 13.1 Å². The SMILES string of the molecule is O=[N+]([O-])c1ccc2nc(Sc3ccc(S(=O)(=O)N4CCCCC4)cn3)sc2c1. The zero-order valence-corrected chi connectivity index (χ0v) is 17.1. The molecule has 3 heterocycles. The number of rotatable bonds is 5. The molecule has 8 nitrogen and oxygen atoms in total. The summed E-state index contributed by atoms with van der Waals surface area (Å²) in [7, 11) is -3.50. The van der Waals surface area contributed by atoms with Crippen molar-refractivity contribution in [2.45, 2.75) is 33.5 Å². The number of non-ortho nitro benzene ring substituents is 1. The summed E-state index contributed by atoms with van der Waals surface area (Å²) in [6.07, 6.45) is 4.21. The van der Waals surface area contributed by atoms with Gasteiger partial charge in [0.15, 0.2) is 4.34 Å². The molecule has 1 aliphatic rings. The number of thiazole rings is 1. The van der Waals surface area contributed by atoms with Crippen LogP contribution in [0.1, 0.15) is 19.3 Å². The number of nitro benzene ring substituents is 1. The predicted octanol–water partition coefficient (Wildman–Crippen LogP) is 3.93. The first-order valence-electron chi connectivity index (χ1n) is 8.62. The van der Waals surface area contributed by atoms with Gasteiger partial charge in [0.2, 0.25) is 10.0 Å². The number of nitrogens with zero attached hydrogens (tertiary/aromatic N) is 4. The van der Waals surface area contributed by atoms with E-state index in [1.54, 1.807) is 18.2 Å². The Hall–Kier alpha value is -2.08. The first-order valence-corrected chi connectivity index (χ1v) is 11.7. The van der Waals surface area contributed by atoms with Gasteiger partial charge >= 0.3 is 0 Å². The Bertz CT molecular complexity index is 1120. The lowest BCUT2D eigenvalue weighted by Gasteiger charge is -2.25. The molecule has 1 saturated heterocycles. The predicted molar refractivity (Wildman–Crippen MR) is 107 cm³/mol. The smallest absolute Gasteiger partial charge is 0.258 e. The quantitative estimate of drug-likeness (QED) is 0.441. The molecule has 3 aromatic rings. The van der Waals surface area contributed by atoms with Crippen LogP contribution in [0.15, 0.2) is 50.8 Å². The van der Waals surface area contributed by atoms with Gasteiger partial charge in [0.05, 0.1) is 15.1 Å². The maximum atomic E-state index is 12.7. The monoisotopic (exact) mass is 436 g/mol. The molecule has 4 rings (SSSR count). The third-order valence-electron chi connectivity index (χ3n) is 4.42. The second-order valence-corrected chi connectivity index (χ2v) is 10.5. The van der Waals surface area contributed by atoms with E-state index >= 15 is 0 Å². The molecule has 0 aliphatic carbocycles. The molecule has 0 bridgehead atoms. The van der Waals surface area contributed by atoms with Crippen molar-refractivity contribution in [1.29, 1.82) is 0 Å². The zero-order valence-electron chi connectivity index (χ0n) is 14.6. The van der Waals surface area contributed by atoms with Crippen LogP contribution in [0.3, 0.4) is 0 Å². The third kappa shape index (κ3) is 3.88. The molecule has 0 saturated carbocycles. The van der Waals surface area contributed by atoms with Gasteiger partial charge in [0.1, 0.15) is 9.92 Å². The van der Waals surface area contributed by atoms with Crippen LogP contribution in [0, 0.1) is 10.1 Å². The Labute approximate surface area is 169 Å². The summed E-state index contributed by atoms with van der Waals surface area (Å²) < 4.78 is 28.3. The standard InChI is InChI=1S/C17H16N4O4S3/c22-21(23)12-4-6-14-15(10-12)26-17(19-14)27-16-7-5-13(11-18-16)28(24,25)20-8-2-1-3-9-20/h4-7,10-11H,1-3,8-9H2. The normalized spacial score (nSPS) is 15.7. The summed E-state index contributed by atoms with van der Waals surface area (Å²) in [5.74, 6) is 0. The highest BCUT2D eigenvalue weighted by atomic mass is 32.2. The minimum Gasteiger partial charge on any atom is -0.258 e. The van der Waals surface area contributed by atoms with Crippen LogP contribution in [0.2, 0.25) is 0 Å². The highest BCUT2D eigenvalue weighted by Crippen LogP contribution is 2.35. The first-order chi connectivity index (χ1) is 13.4. The van der Waals surface area contributed by atoms with Crippen LogP contribution in [-0.2, 0) is 10.0 Å². The van der Waals surface area contributed by atoms with Crippen LogP contribution in [0.25, 0.3) is 10.2 Å². The number of pyridine rings is 1. The van der Waals surface area contributed by atoms with Crippen molar-refractivity contribution in [3.05, 3.63) is 46.6 Å². The fourth-order valence-corrected chi connectivity index (χ4v) is 6.42. The minimum atomic E-state index is -3.50. The molecule has 0 amide bonds. The zero-order chi connectivity index (χ0) is 19.7. The Morgan fingerprint density at radius 2 is 1.93 bits per heavy atom. The van der Waals surface area contributed by atoms with Gasteiger partial charge < -0.3 is 0 Å². The molecule has 0 unspecified atom stereocenters. The van der Waals surface area contributed by atoms with Gasteiger partial charge in [-0.3, -0.25) is 10.1 Å². The average Bonchev–Trinajstić information content (AvgIpc) is 3.10. The lowest BCUT2D eigenvalue weighted by Crippen LogP contribution is -2.35. The van der Waals surface area contributed by atoms with Crippen molar-refractivity contribution < 1.29 is 13.3 Å². The highest BCUT2D eigenvalue weighted by molar-refractivity contribution is 8.01. The van der Waals surface area contributed by atoms with Crippen LogP contribution in [0.5, 0.6) is 0 Å². The van der Waals surface area contributed by atoms with Gasteiger partial charge in [0, 0.05) is 31.4 Å². The number of sulfonamides is 1. The number of benzene rings is 1. The molecule has 0 radical (unpaired) electrons. The van der Waals surface area contributed by atoms with E-state index in [0.717, 1.165) is 24.0 Å². The second-order valence-electron chi connectivity index (χ2n) is 6.29. The van der Waals surface area contributed by atoms with E-state index in [0.29, 0.717) is 28.0 Å². The summed E-state index contributed by atoms with van der Waals surface area (Å²) in [6.45, 7) is 1.10. The molecule has 1 aromatic carbocycles. The molecular weight excluding hydrogens is 420 g/mol. The summed E-state index contributed by atoms with van der Waals surface area (Å²) in [6, 6.07) is 7.77. The number of nitro groups is 1. The number of fused-ring (bicyclic) bond motifs is 1. The maximum absolute atomic E-state index is 12.7. The van der Waals surface area contributed by atoms with Crippen molar-refractivity contribution in [3.63, 3.8) is 0 Å². The van der Waals surface area contributed by atoms with Gasteiger partial charge in [-0.2, -0.15) is 4.31 Å². The van der Waals surface area contributed by atoms with Gasteiger partial charge in [-0.25, -0.2) is 18.4 Å². The van der Waals surface area contributed by atoms with Crippen molar-refractivity contribution in [3.8, 4) is 0 Å². The van der Waals surface area contributed by atoms with Crippen molar-refractivity contribution >= 4 is 49.0 Å². The molecule has 0 N–H and O–H groups in total. The number of hydrogen-bond donors (Lipinski definition) is 0. The Balaban J connectivity index is 1.53. The molecule has 28 heavy (non-hydrogen) atoms. The maximum Gasteiger partial charge on any atom is 0.270 e. The van der Waals surface area contributed by atoms with E-state index in [9.17, 15) is 18.5 Å². The highest BCUT2D eigenvalue weighted by Gasteiger charge is 2.26. The summed E-state index contributed by atoms with van der Waals surface area (Å²) in [5.41, 5.74) is 0.709. The van der Waals surface area contributed by atoms with Gasteiger partial charge in [-0.1, -0.05) is 6.42 Å². The lowest BCUT2D eigenvalue weighted by atomic mass is 10.2. The summed E-state index contributed by atoms with van der Waals surface area (Å²) in [5, 5.41) is 11.5. The van der Waals surface area contributed by atoms with Gasteiger partial charge in [0.25, 0.3) is 5.69 Å². The average molecular weight is 437 g/mol. The second kappa shape index (κ2) is 7.74. The molecule has 1 aliphatic heterocycles. The van der Waals surface area contributed by atoms with E-state index in [2.05, 4.69) is 9.97 Å². The minimum absolute atomic E-state index is 0.0260. The Morgan fingerprint density at radius 3 is 2.61 bits per heavy atom. The number of piperidine rings is 1. The molecule has 11 heteroatoms. The fourth-order valence-electron chi connectivity index (χ4n) is 2.97. The molecule has 0 atom stereocenters. The van der Waals surface area contributed by atoms with E-state index in [4.69, 9.17) is 0 Å².